The Morgan fingerprint density at radius 2 is 1.82 bits per heavy atom. The Morgan fingerprint density at radius 3 is 2.50 bits per heavy atom. The average molecular weight is 290 g/mol. The van der Waals surface area contributed by atoms with Crippen LogP contribution in [0.5, 0.6) is 5.88 Å². The van der Waals surface area contributed by atoms with Crippen LogP contribution in [0.2, 0.25) is 0 Å². The molecule has 0 spiro atoms. The minimum Gasteiger partial charge on any atom is -0.494 e. The molecule has 0 unspecified atom stereocenters. The lowest BCUT2D eigenvalue weighted by molar-refractivity contribution is 0.101. The van der Waals surface area contributed by atoms with E-state index in [2.05, 4.69) is 15.0 Å². The summed E-state index contributed by atoms with van der Waals surface area (Å²) in [5.41, 5.74) is 2.61. The summed E-state index contributed by atoms with van der Waals surface area (Å²) in [5, 5.41) is 10.5. The van der Waals surface area contributed by atoms with Gasteiger partial charge in [-0.25, -0.2) is 4.99 Å². The third-order valence-corrected chi connectivity index (χ3v) is 3.52. The SMILES string of the molecule is O=C1N=C(c2cccnc2)c2c1cn(-c1cccnc1)c2O. The van der Waals surface area contributed by atoms with E-state index in [4.69, 9.17) is 0 Å². The van der Waals surface area contributed by atoms with Crippen LogP contribution in [-0.4, -0.2) is 31.3 Å². The first kappa shape index (κ1) is 12.5. The number of fused-ring (bicyclic) bond motifs is 1. The molecule has 0 aliphatic carbocycles. The number of amides is 1. The lowest BCUT2D eigenvalue weighted by Crippen LogP contribution is -2.01. The number of carbonyl (C=O) groups is 1. The maximum atomic E-state index is 12.1. The molecule has 6 heteroatoms. The maximum Gasteiger partial charge on any atom is 0.279 e. The summed E-state index contributed by atoms with van der Waals surface area (Å²) in [6.07, 6.45) is 8.09. The van der Waals surface area contributed by atoms with Gasteiger partial charge in [-0.3, -0.25) is 19.3 Å². The predicted octanol–water partition coefficient (Wildman–Crippen LogP) is 1.96. The highest BCUT2D eigenvalue weighted by Gasteiger charge is 2.31. The summed E-state index contributed by atoms with van der Waals surface area (Å²) in [4.78, 5) is 24.2. The van der Waals surface area contributed by atoms with E-state index in [1.807, 2.05) is 0 Å². The standard InChI is InChI=1S/C16H10N4O2/c21-15-12-9-20(11-4-2-6-18-8-11)16(22)13(12)14(19-15)10-3-1-5-17-7-10/h1-9,22H. The minimum absolute atomic E-state index is 0.0311. The number of pyridine rings is 2. The Labute approximate surface area is 125 Å². The van der Waals surface area contributed by atoms with Crippen LogP contribution in [0.4, 0.5) is 0 Å². The monoisotopic (exact) mass is 290 g/mol. The molecule has 3 aromatic rings. The van der Waals surface area contributed by atoms with E-state index in [0.717, 1.165) is 0 Å². The van der Waals surface area contributed by atoms with E-state index in [9.17, 15) is 9.90 Å². The molecule has 1 aliphatic rings. The third-order valence-electron chi connectivity index (χ3n) is 3.52. The van der Waals surface area contributed by atoms with Gasteiger partial charge in [0.1, 0.15) is 0 Å². The Morgan fingerprint density at radius 1 is 1.05 bits per heavy atom. The average Bonchev–Trinajstić information content (AvgIpc) is 3.08. The Balaban J connectivity index is 1.91. The number of aromatic hydroxyl groups is 1. The molecular formula is C16H10N4O2. The van der Waals surface area contributed by atoms with E-state index >= 15 is 0 Å². The van der Waals surface area contributed by atoms with Gasteiger partial charge in [0.2, 0.25) is 5.88 Å². The number of rotatable bonds is 2. The van der Waals surface area contributed by atoms with Crippen molar-refractivity contribution in [1.29, 1.82) is 0 Å². The van der Waals surface area contributed by atoms with Crippen molar-refractivity contribution in [2.45, 2.75) is 0 Å². The van der Waals surface area contributed by atoms with Crippen LogP contribution in [0.1, 0.15) is 21.5 Å². The fraction of sp³-hybridized carbons (Fsp3) is 0. The van der Waals surface area contributed by atoms with Crippen molar-refractivity contribution in [3.05, 3.63) is 71.9 Å². The Hall–Kier alpha value is -3.28. The zero-order valence-electron chi connectivity index (χ0n) is 11.3. The lowest BCUT2D eigenvalue weighted by Gasteiger charge is -2.06. The van der Waals surface area contributed by atoms with Crippen molar-refractivity contribution in [2.24, 2.45) is 4.99 Å². The van der Waals surface area contributed by atoms with Gasteiger partial charge in [0.15, 0.2) is 0 Å². The Kier molecular flexibility index (Phi) is 2.62. The number of hydrogen-bond donors (Lipinski definition) is 1. The molecule has 6 nitrogen and oxygen atoms in total. The normalized spacial score (nSPS) is 13.1. The number of carbonyl (C=O) groups excluding carboxylic acids is 1. The van der Waals surface area contributed by atoms with Crippen molar-refractivity contribution in [3.63, 3.8) is 0 Å². The minimum atomic E-state index is -0.369. The van der Waals surface area contributed by atoms with Gasteiger partial charge in [0, 0.05) is 30.4 Å². The molecular weight excluding hydrogens is 280 g/mol. The third kappa shape index (κ3) is 1.74. The molecule has 0 aromatic carbocycles. The van der Waals surface area contributed by atoms with Crippen LogP contribution in [-0.2, 0) is 0 Å². The summed E-state index contributed by atoms with van der Waals surface area (Å²) in [7, 11) is 0. The summed E-state index contributed by atoms with van der Waals surface area (Å²) in [6.45, 7) is 0. The summed E-state index contributed by atoms with van der Waals surface area (Å²) < 4.78 is 1.53. The quantitative estimate of drug-likeness (QED) is 0.782. The summed E-state index contributed by atoms with van der Waals surface area (Å²) in [6, 6.07) is 7.12. The van der Waals surface area contributed by atoms with Crippen LogP contribution < -0.4 is 0 Å². The maximum absolute atomic E-state index is 12.1. The largest absolute Gasteiger partial charge is 0.494 e. The van der Waals surface area contributed by atoms with Gasteiger partial charge in [0.25, 0.3) is 5.91 Å². The molecule has 0 atom stereocenters. The van der Waals surface area contributed by atoms with E-state index in [1.165, 1.54) is 4.57 Å². The van der Waals surface area contributed by atoms with E-state index < -0.39 is 0 Å². The lowest BCUT2D eigenvalue weighted by atomic mass is 10.1. The van der Waals surface area contributed by atoms with Crippen LogP contribution in [0.15, 0.2) is 60.2 Å². The molecule has 4 heterocycles. The molecule has 106 valence electrons. The van der Waals surface area contributed by atoms with Gasteiger partial charge in [-0.1, -0.05) is 0 Å². The van der Waals surface area contributed by atoms with E-state index in [0.29, 0.717) is 28.1 Å². The fourth-order valence-corrected chi connectivity index (χ4v) is 2.51. The number of hydrogen-bond acceptors (Lipinski definition) is 4. The highest BCUT2D eigenvalue weighted by atomic mass is 16.3. The molecule has 1 amide bonds. The molecule has 0 saturated heterocycles. The second kappa shape index (κ2) is 4.63. The molecule has 22 heavy (non-hydrogen) atoms. The first-order chi connectivity index (χ1) is 10.8. The van der Waals surface area contributed by atoms with Crippen molar-refractivity contribution < 1.29 is 9.90 Å². The van der Waals surface area contributed by atoms with Gasteiger partial charge in [0.05, 0.1) is 28.7 Å². The molecule has 1 N–H and O–H groups in total. The van der Waals surface area contributed by atoms with E-state index in [1.54, 1.807) is 55.2 Å². The van der Waals surface area contributed by atoms with Crippen LogP contribution >= 0.6 is 0 Å². The second-order valence-electron chi connectivity index (χ2n) is 4.83. The fourth-order valence-electron chi connectivity index (χ4n) is 2.51. The summed E-state index contributed by atoms with van der Waals surface area (Å²) in [5.74, 6) is -0.400. The topological polar surface area (TPSA) is 80.4 Å². The number of aliphatic imine (C=N–C) groups is 1. The van der Waals surface area contributed by atoms with Crippen molar-refractivity contribution in [2.75, 3.05) is 0 Å². The van der Waals surface area contributed by atoms with Gasteiger partial charge in [-0.2, -0.15) is 0 Å². The molecule has 3 aromatic heterocycles. The van der Waals surface area contributed by atoms with E-state index in [-0.39, 0.29) is 11.8 Å². The predicted molar refractivity (Wildman–Crippen MR) is 79.4 cm³/mol. The van der Waals surface area contributed by atoms with Gasteiger partial charge in [-0.15, -0.1) is 0 Å². The smallest absolute Gasteiger partial charge is 0.279 e. The molecule has 1 aliphatic heterocycles. The Bertz CT molecular complexity index is 899. The molecule has 0 radical (unpaired) electrons. The summed E-state index contributed by atoms with van der Waals surface area (Å²) >= 11 is 0. The highest BCUT2D eigenvalue weighted by molar-refractivity contribution is 6.28. The van der Waals surface area contributed by atoms with Crippen LogP contribution in [0, 0.1) is 0 Å². The van der Waals surface area contributed by atoms with Gasteiger partial charge < -0.3 is 5.11 Å². The molecule has 0 bridgehead atoms. The van der Waals surface area contributed by atoms with Gasteiger partial charge >= 0.3 is 0 Å². The highest BCUT2D eigenvalue weighted by Crippen LogP contribution is 2.34. The van der Waals surface area contributed by atoms with Gasteiger partial charge in [-0.05, 0) is 24.3 Å². The molecule has 4 rings (SSSR count). The number of aromatic nitrogens is 3. The first-order valence-electron chi connectivity index (χ1n) is 6.64. The van der Waals surface area contributed by atoms with Crippen LogP contribution in [0.3, 0.4) is 0 Å². The van der Waals surface area contributed by atoms with Crippen molar-refractivity contribution >= 4 is 11.6 Å². The zero-order chi connectivity index (χ0) is 15.1. The first-order valence-corrected chi connectivity index (χ1v) is 6.64. The second-order valence-corrected chi connectivity index (χ2v) is 4.83. The van der Waals surface area contributed by atoms with Crippen molar-refractivity contribution in [1.82, 2.24) is 14.5 Å². The molecule has 0 saturated carbocycles. The molecule has 0 fully saturated rings. The zero-order valence-corrected chi connectivity index (χ0v) is 11.3. The van der Waals surface area contributed by atoms with Crippen LogP contribution in [0.25, 0.3) is 5.69 Å². The number of nitrogens with zero attached hydrogens (tertiary/aromatic N) is 4. The van der Waals surface area contributed by atoms with Crippen molar-refractivity contribution in [3.8, 4) is 11.6 Å².